The van der Waals surface area contributed by atoms with E-state index in [4.69, 9.17) is 0 Å². The molecule has 0 saturated heterocycles. The van der Waals surface area contributed by atoms with Crippen LogP contribution in [0.4, 0.5) is 13.2 Å². The largest absolute Gasteiger partial charge is 0.417 e. The van der Waals surface area contributed by atoms with Crippen molar-refractivity contribution in [1.29, 1.82) is 0 Å². The standard InChI is InChI=1S/C15H9F3N4/c16-15(17,18)9-5-6-13-20-21-14(22(13)8-9)11-7-19-12-4-2-1-3-10(11)12/h1-8,19H. The van der Waals surface area contributed by atoms with Gasteiger partial charge < -0.3 is 4.98 Å². The van der Waals surface area contributed by atoms with Gasteiger partial charge in [0, 0.05) is 28.9 Å². The SMILES string of the molecule is FC(F)(F)c1ccc2nnc(-c3c[nH]c4ccccc34)n2c1. The minimum absolute atomic E-state index is 0.369. The molecule has 0 bridgehead atoms. The van der Waals surface area contributed by atoms with E-state index in [-0.39, 0.29) is 0 Å². The van der Waals surface area contributed by atoms with E-state index in [1.54, 1.807) is 6.20 Å². The van der Waals surface area contributed by atoms with Gasteiger partial charge in [0.1, 0.15) is 0 Å². The van der Waals surface area contributed by atoms with Gasteiger partial charge in [0.05, 0.1) is 5.56 Å². The van der Waals surface area contributed by atoms with E-state index in [0.29, 0.717) is 17.0 Å². The Hall–Kier alpha value is -2.83. The average Bonchev–Trinajstić information content (AvgIpc) is 3.08. The Kier molecular flexibility index (Phi) is 2.53. The number of alkyl halides is 3. The van der Waals surface area contributed by atoms with Crippen molar-refractivity contribution in [2.75, 3.05) is 0 Å². The van der Waals surface area contributed by atoms with E-state index in [1.165, 1.54) is 10.5 Å². The number of nitrogens with one attached hydrogen (secondary N) is 1. The van der Waals surface area contributed by atoms with Gasteiger partial charge in [-0.3, -0.25) is 4.40 Å². The van der Waals surface area contributed by atoms with Crippen LogP contribution in [0, 0.1) is 0 Å². The highest BCUT2D eigenvalue weighted by molar-refractivity contribution is 5.94. The molecule has 7 heteroatoms. The summed E-state index contributed by atoms with van der Waals surface area (Å²) < 4.78 is 40.0. The van der Waals surface area contributed by atoms with Gasteiger partial charge in [-0.05, 0) is 18.2 Å². The number of halogens is 3. The van der Waals surface area contributed by atoms with Crippen LogP contribution in [-0.2, 0) is 6.18 Å². The zero-order valence-electron chi connectivity index (χ0n) is 11.1. The molecule has 4 aromatic rings. The van der Waals surface area contributed by atoms with Crippen LogP contribution in [0.1, 0.15) is 5.56 Å². The molecule has 0 saturated carbocycles. The van der Waals surface area contributed by atoms with Gasteiger partial charge in [-0.2, -0.15) is 13.2 Å². The Balaban J connectivity index is 1.99. The van der Waals surface area contributed by atoms with E-state index in [2.05, 4.69) is 15.2 Å². The maximum absolute atomic E-state index is 12.9. The topological polar surface area (TPSA) is 46.0 Å². The zero-order valence-corrected chi connectivity index (χ0v) is 11.1. The number of aromatic amines is 1. The van der Waals surface area contributed by atoms with Crippen LogP contribution in [0.15, 0.2) is 48.8 Å². The molecule has 3 heterocycles. The molecular formula is C15H9F3N4. The summed E-state index contributed by atoms with van der Waals surface area (Å²) in [4.78, 5) is 3.08. The van der Waals surface area contributed by atoms with Crippen molar-refractivity contribution in [2.24, 2.45) is 0 Å². The Labute approximate surface area is 122 Å². The summed E-state index contributed by atoms with van der Waals surface area (Å²) in [6.07, 6.45) is -1.66. The molecule has 0 atom stereocenters. The summed E-state index contributed by atoms with van der Waals surface area (Å²) in [6.45, 7) is 0. The number of hydrogen-bond acceptors (Lipinski definition) is 2. The van der Waals surface area contributed by atoms with Crippen molar-refractivity contribution in [1.82, 2.24) is 19.6 Å². The second-order valence-corrected chi connectivity index (χ2v) is 4.92. The van der Waals surface area contributed by atoms with Gasteiger partial charge in [0.2, 0.25) is 0 Å². The number of pyridine rings is 1. The van der Waals surface area contributed by atoms with Crippen LogP contribution in [0.5, 0.6) is 0 Å². The Morgan fingerprint density at radius 3 is 2.64 bits per heavy atom. The Bertz CT molecular complexity index is 981. The molecule has 22 heavy (non-hydrogen) atoms. The molecule has 1 N–H and O–H groups in total. The maximum atomic E-state index is 12.9. The quantitative estimate of drug-likeness (QED) is 0.579. The first-order valence-electron chi connectivity index (χ1n) is 6.52. The lowest BCUT2D eigenvalue weighted by atomic mass is 10.1. The number of benzene rings is 1. The molecule has 4 rings (SSSR count). The van der Waals surface area contributed by atoms with Crippen LogP contribution in [-0.4, -0.2) is 19.6 Å². The third kappa shape index (κ3) is 1.86. The van der Waals surface area contributed by atoms with Crippen molar-refractivity contribution in [3.05, 3.63) is 54.4 Å². The lowest BCUT2D eigenvalue weighted by molar-refractivity contribution is -0.137. The molecule has 0 aliphatic carbocycles. The second-order valence-electron chi connectivity index (χ2n) is 4.92. The number of rotatable bonds is 1. The normalized spacial score (nSPS) is 12.3. The number of para-hydroxylation sites is 1. The molecular weight excluding hydrogens is 293 g/mol. The van der Waals surface area contributed by atoms with E-state index >= 15 is 0 Å². The molecule has 0 radical (unpaired) electrons. The third-order valence-electron chi connectivity index (χ3n) is 3.56. The molecule has 0 unspecified atom stereocenters. The van der Waals surface area contributed by atoms with Crippen LogP contribution >= 0.6 is 0 Å². The van der Waals surface area contributed by atoms with Gasteiger partial charge in [0.25, 0.3) is 0 Å². The highest BCUT2D eigenvalue weighted by Crippen LogP contribution is 2.31. The van der Waals surface area contributed by atoms with Crippen molar-refractivity contribution in [3.8, 4) is 11.4 Å². The number of aromatic nitrogens is 4. The molecule has 4 nitrogen and oxygen atoms in total. The van der Waals surface area contributed by atoms with Crippen LogP contribution in [0.2, 0.25) is 0 Å². The van der Waals surface area contributed by atoms with Crippen molar-refractivity contribution in [3.63, 3.8) is 0 Å². The summed E-state index contributed by atoms with van der Waals surface area (Å²) in [5, 5.41) is 8.86. The van der Waals surface area contributed by atoms with Crippen LogP contribution < -0.4 is 0 Å². The van der Waals surface area contributed by atoms with Gasteiger partial charge in [-0.15, -0.1) is 10.2 Å². The lowest BCUT2D eigenvalue weighted by Crippen LogP contribution is -2.06. The number of H-pyrrole nitrogens is 1. The van der Waals surface area contributed by atoms with E-state index in [1.807, 2.05) is 24.3 Å². The summed E-state index contributed by atoms with van der Waals surface area (Å²) in [6, 6.07) is 9.84. The molecule has 0 fully saturated rings. The van der Waals surface area contributed by atoms with Gasteiger partial charge in [-0.25, -0.2) is 0 Å². The fourth-order valence-corrected chi connectivity index (χ4v) is 2.50. The highest BCUT2D eigenvalue weighted by Gasteiger charge is 2.31. The first-order valence-corrected chi connectivity index (χ1v) is 6.52. The number of fused-ring (bicyclic) bond motifs is 2. The molecule has 0 spiro atoms. The highest BCUT2D eigenvalue weighted by atomic mass is 19.4. The van der Waals surface area contributed by atoms with E-state index in [9.17, 15) is 13.2 Å². The summed E-state index contributed by atoms with van der Waals surface area (Å²) >= 11 is 0. The minimum atomic E-state index is -4.41. The number of hydrogen-bond donors (Lipinski definition) is 1. The van der Waals surface area contributed by atoms with Crippen LogP contribution in [0.3, 0.4) is 0 Å². The fourth-order valence-electron chi connectivity index (χ4n) is 2.50. The summed E-state index contributed by atoms with van der Waals surface area (Å²) in [5.41, 5.74) is 1.23. The smallest absolute Gasteiger partial charge is 0.360 e. The van der Waals surface area contributed by atoms with Crippen molar-refractivity contribution in [2.45, 2.75) is 6.18 Å². The third-order valence-corrected chi connectivity index (χ3v) is 3.56. The molecule has 0 amide bonds. The van der Waals surface area contributed by atoms with Gasteiger partial charge in [-0.1, -0.05) is 18.2 Å². The summed E-state index contributed by atoms with van der Waals surface area (Å²) in [5.74, 6) is 0.374. The van der Waals surface area contributed by atoms with Crippen molar-refractivity contribution >= 4 is 16.6 Å². The number of nitrogens with zero attached hydrogens (tertiary/aromatic N) is 3. The first-order chi connectivity index (χ1) is 10.5. The monoisotopic (exact) mass is 302 g/mol. The van der Waals surface area contributed by atoms with E-state index in [0.717, 1.165) is 23.2 Å². The Morgan fingerprint density at radius 2 is 1.82 bits per heavy atom. The van der Waals surface area contributed by atoms with Gasteiger partial charge >= 0.3 is 6.18 Å². The first kappa shape index (κ1) is 12.9. The fraction of sp³-hybridized carbons (Fsp3) is 0.0667. The average molecular weight is 302 g/mol. The molecule has 1 aromatic carbocycles. The lowest BCUT2D eigenvalue weighted by Gasteiger charge is -2.07. The zero-order chi connectivity index (χ0) is 15.3. The maximum Gasteiger partial charge on any atom is 0.417 e. The molecule has 0 aliphatic heterocycles. The summed E-state index contributed by atoms with van der Waals surface area (Å²) in [7, 11) is 0. The van der Waals surface area contributed by atoms with Crippen molar-refractivity contribution < 1.29 is 13.2 Å². The second kappa shape index (κ2) is 4.33. The minimum Gasteiger partial charge on any atom is -0.360 e. The Morgan fingerprint density at radius 1 is 1.00 bits per heavy atom. The van der Waals surface area contributed by atoms with Crippen LogP contribution in [0.25, 0.3) is 27.9 Å². The predicted molar refractivity (Wildman–Crippen MR) is 75.3 cm³/mol. The molecule has 3 aromatic heterocycles. The van der Waals surface area contributed by atoms with E-state index < -0.39 is 11.7 Å². The molecule has 110 valence electrons. The molecule has 0 aliphatic rings. The predicted octanol–water partition coefficient (Wildman–Crippen LogP) is 3.90. The van der Waals surface area contributed by atoms with Gasteiger partial charge in [0.15, 0.2) is 11.5 Å².